The molecule has 2 heterocycles. The molecule has 4 aromatic rings. The summed E-state index contributed by atoms with van der Waals surface area (Å²) in [5.74, 6) is -3.79. The predicted octanol–water partition coefficient (Wildman–Crippen LogP) is 6.63. The van der Waals surface area contributed by atoms with Crippen molar-refractivity contribution >= 4 is 15.6 Å². The summed E-state index contributed by atoms with van der Waals surface area (Å²) in [4.78, 5) is 4.12. The molecule has 2 aromatic carbocycles. The van der Waals surface area contributed by atoms with Gasteiger partial charge in [-0.25, -0.2) is 22.4 Å². The lowest BCUT2D eigenvalue weighted by molar-refractivity contribution is -0.308. The minimum atomic E-state index is -4.83. The lowest BCUT2D eigenvalue weighted by Crippen LogP contribution is -2.22. The molecule has 2 aromatic heterocycles. The van der Waals surface area contributed by atoms with Crippen LogP contribution in [0.4, 0.5) is 22.0 Å². The summed E-state index contributed by atoms with van der Waals surface area (Å²) >= 11 is 0. The molecule has 0 bridgehead atoms. The van der Waals surface area contributed by atoms with Gasteiger partial charge in [-0.2, -0.15) is 8.78 Å². The van der Waals surface area contributed by atoms with Gasteiger partial charge in [-0.1, -0.05) is 36.4 Å². The van der Waals surface area contributed by atoms with Gasteiger partial charge in [0.2, 0.25) is 10.0 Å². The Labute approximate surface area is 256 Å². The Morgan fingerprint density at radius 3 is 2.33 bits per heavy atom. The number of aryl methyl sites for hydroxylation is 1. The number of imidazole rings is 1. The molecule has 0 saturated carbocycles. The van der Waals surface area contributed by atoms with Gasteiger partial charge in [0, 0.05) is 33.1 Å². The maximum Gasteiger partial charge on any atom is 0.572 e. The summed E-state index contributed by atoms with van der Waals surface area (Å²) in [7, 11) is -0.888. The van der Waals surface area contributed by atoms with Gasteiger partial charge in [0.25, 0.3) is 5.92 Å². The second-order valence-corrected chi connectivity index (χ2v) is 13.0. The van der Waals surface area contributed by atoms with Crippen molar-refractivity contribution in [1.29, 1.82) is 0 Å². The van der Waals surface area contributed by atoms with Crippen molar-refractivity contribution in [1.82, 2.24) is 28.9 Å². The number of benzene rings is 2. The molecule has 0 radical (unpaired) electrons. The average Bonchev–Trinajstić information content (AvgIpc) is 3.60. The summed E-state index contributed by atoms with van der Waals surface area (Å²) in [5, 5.41) is 8.32. The van der Waals surface area contributed by atoms with Crippen LogP contribution in [0.25, 0.3) is 28.1 Å². The first kappa shape index (κ1) is 32.0. The van der Waals surface area contributed by atoms with Crippen LogP contribution >= 0.6 is 0 Å². The lowest BCUT2D eigenvalue weighted by atomic mass is 9.92. The van der Waals surface area contributed by atoms with Crippen LogP contribution in [0.5, 0.6) is 0 Å². The Morgan fingerprint density at radius 2 is 1.71 bits per heavy atom. The van der Waals surface area contributed by atoms with Crippen LogP contribution in [0.3, 0.4) is 0 Å². The van der Waals surface area contributed by atoms with Gasteiger partial charge >= 0.3 is 6.36 Å². The van der Waals surface area contributed by atoms with Gasteiger partial charge in [0.15, 0.2) is 0 Å². The molecule has 1 unspecified atom stereocenters. The fourth-order valence-electron chi connectivity index (χ4n) is 4.99. The maximum atomic E-state index is 14.2. The fraction of sp³-hybridized carbons (Fsp3) is 0.300. The van der Waals surface area contributed by atoms with Crippen LogP contribution in [0.2, 0.25) is 0 Å². The zero-order valence-electron chi connectivity index (χ0n) is 24.8. The highest BCUT2D eigenvalue weighted by molar-refractivity contribution is 7.89. The first-order chi connectivity index (χ1) is 21.0. The molecule has 15 heteroatoms. The number of allylic oxidation sites excluding steroid dienone is 4. The second kappa shape index (κ2) is 11.5. The zero-order valence-corrected chi connectivity index (χ0v) is 25.7. The van der Waals surface area contributed by atoms with E-state index in [1.54, 1.807) is 44.2 Å². The summed E-state index contributed by atoms with van der Waals surface area (Å²) in [6.07, 6.45) is 0.760. The number of halogens is 5. The number of ether oxygens (including phenoxy) is 1. The Balaban J connectivity index is 1.69. The Morgan fingerprint density at radius 1 is 1.00 bits per heavy atom. The third kappa shape index (κ3) is 6.54. The van der Waals surface area contributed by atoms with Gasteiger partial charge in [0.05, 0.1) is 28.2 Å². The minimum absolute atomic E-state index is 0.0716. The topological polar surface area (TPSA) is 95.1 Å². The minimum Gasteiger partial charge on any atom is -0.410 e. The molecule has 0 fully saturated rings. The standard InChI is InChI=1S/C30H29F5N6O3S/c1-18-13-22(10-12-27(18)44-30(33,34)35)26-16-36-38-41(26)25-15-21(20-7-6-8-23(14-20)45(42,43)39(4)5)9-11-24(25)40-17-28(29(3,31)32)37-19(40)2/h6-12,14-18H,13H2,1-5H3. The molecule has 1 atom stereocenters. The van der Waals surface area contributed by atoms with Crippen molar-refractivity contribution in [2.24, 2.45) is 5.92 Å². The first-order valence-electron chi connectivity index (χ1n) is 13.7. The Hall–Kier alpha value is -4.37. The molecule has 1 aliphatic rings. The van der Waals surface area contributed by atoms with Crippen LogP contribution in [0, 0.1) is 12.8 Å². The van der Waals surface area contributed by atoms with Gasteiger partial charge in [0.1, 0.15) is 17.3 Å². The Bertz CT molecular complexity index is 1920. The number of hydrogen-bond donors (Lipinski definition) is 0. The summed E-state index contributed by atoms with van der Waals surface area (Å²) in [6, 6.07) is 11.4. The van der Waals surface area contributed by atoms with Crippen molar-refractivity contribution in [2.75, 3.05) is 14.1 Å². The van der Waals surface area contributed by atoms with E-state index in [0.717, 1.165) is 11.2 Å². The number of rotatable bonds is 8. The third-order valence-electron chi connectivity index (χ3n) is 7.31. The van der Waals surface area contributed by atoms with Gasteiger partial charge in [-0.3, -0.25) is 0 Å². The molecule has 0 amide bonds. The monoisotopic (exact) mass is 648 g/mol. The summed E-state index contributed by atoms with van der Waals surface area (Å²) < 4.78 is 101. The second-order valence-electron chi connectivity index (χ2n) is 10.9. The van der Waals surface area contributed by atoms with Crippen molar-refractivity contribution in [3.05, 3.63) is 90.0 Å². The van der Waals surface area contributed by atoms with Crippen molar-refractivity contribution in [3.8, 4) is 22.5 Å². The van der Waals surface area contributed by atoms with Gasteiger partial charge in [-0.05, 0) is 60.4 Å². The van der Waals surface area contributed by atoms with E-state index in [0.29, 0.717) is 33.8 Å². The SMILES string of the molecule is Cc1nc(C(C)(F)F)cn1-c1ccc(-c2cccc(S(=O)(=O)N(C)C)c2)cc1-n1nncc1C1=CC=C(OC(F)(F)F)C(C)C1. The number of sulfonamides is 1. The van der Waals surface area contributed by atoms with E-state index in [-0.39, 0.29) is 22.9 Å². The molecule has 9 nitrogen and oxygen atoms in total. The van der Waals surface area contributed by atoms with E-state index in [1.807, 2.05) is 0 Å². The maximum absolute atomic E-state index is 14.2. The van der Waals surface area contributed by atoms with Crippen LogP contribution in [0.1, 0.15) is 37.5 Å². The van der Waals surface area contributed by atoms with Crippen molar-refractivity contribution in [2.45, 2.75) is 44.4 Å². The van der Waals surface area contributed by atoms with Crippen LogP contribution < -0.4 is 0 Å². The zero-order chi connectivity index (χ0) is 32.9. The molecule has 0 N–H and O–H groups in total. The van der Waals surface area contributed by atoms with E-state index < -0.39 is 33.9 Å². The summed E-state index contributed by atoms with van der Waals surface area (Å²) in [5.41, 5.74) is 2.54. The van der Waals surface area contributed by atoms with Crippen molar-refractivity contribution in [3.63, 3.8) is 0 Å². The van der Waals surface area contributed by atoms with Gasteiger partial charge in [-0.15, -0.1) is 18.3 Å². The largest absolute Gasteiger partial charge is 0.572 e. The highest BCUT2D eigenvalue weighted by Gasteiger charge is 2.35. The highest BCUT2D eigenvalue weighted by Crippen LogP contribution is 2.37. The molecule has 1 aliphatic carbocycles. The van der Waals surface area contributed by atoms with Gasteiger partial charge < -0.3 is 9.30 Å². The molecule has 238 valence electrons. The molecule has 0 spiro atoms. The van der Waals surface area contributed by atoms with Crippen molar-refractivity contribution < 1.29 is 35.1 Å². The quantitative estimate of drug-likeness (QED) is 0.199. The van der Waals surface area contributed by atoms with E-state index >= 15 is 0 Å². The molecular formula is C30H29F5N6O3S. The van der Waals surface area contributed by atoms with Crippen LogP contribution in [0.15, 0.2) is 77.7 Å². The summed E-state index contributed by atoms with van der Waals surface area (Å²) in [6.45, 7) is 3.92. The number of alkyl halides is 5. The van der Waals surface area contributed by atoms with Crippen LogP contribution in [-0.2, 0) is 20.7 Å². The molecule has 5 rings (SSSR count). The molecular weight excluding hydrogens is 619 g/mol. The molecule has 0 saturated heterocycles. The number of aromatic nitrogens is 5. The first-order valence-corrected chi connectivity index (χ1v) is 15.1. The fourth-order valence-corrected chi connectivity index (χ4v) is 5.94. The third-order valence-corrected chi connectivity index (χ3v) is 9.12. The van der Waals surface area contributed by atoms with E-state index in [9.17, 15) is 30.4 Å². The van der Waals surface area contributed by atoms with Crippen LogP contribution in [-0.4, -0.2) is 57.7 Å². The van der Waals surface area contributed by atoms with E-state index in [2.05, 4.69) is 20.0 Å². The molecule has 0 aliphatic heterocycles. The molecule has 45 heavy (non-hydrogen) atoms. The highest BCUT2D eigenvalue weighted by atomic mass is 32.2. The lowest BCUT2D eigenvalue weighted by Gasteiger charge is -2.23. The predicted molar refractivity (Wildman–Crippen MR) is 156 cm³/mol. The van der Waals surface area contributed by atoms with E-state index in [1.165, 1.54) is 60.0 Å². The smallest absolute Gasteiger partial charge is 0.410 e. The normalized spacial score (nSPS) is 16.1. The Kier molecular flexibility index (Phi) is 8.21. The number of nitrogens with zero attached hydrogens (tertiary/aromatic N) is 6. The number of hydrogen-bond acceptors (Lipinski definition) is 6. The average molecular weight is 649 g/mol. The van der Waals surface area contributed by atoms with E-state index in [4.69, 9.17) is 0 Å².